The standard InChI is InChI=1S/C14H12ClFN2O2/c15-12-7-11(16)1-2-13(12)20-9-14(19)18-8-10-3-5-17-6-4-10/h1-7H,8-9H2,(H,18,19). The summed E-state index contributed by atoms with van der Waals surface area (Å²) >= 11 is 5.78. The van der Waals surface area contributed by atoms with Crippen LogP contribution in [-0.2, 0) is 11.3 Å². The maximum absolute atomic E-state index is 12.8. The predicted molar refractivity (Wildman–Crippen MR) is 73.0 cm³/mol. The van der Waals surface area contributed by atoms with E-state index in [0.29, 0.717) is 6.54 Å². The van der Waals surface area contributed by atoms with Gasteiger partial charge in [-0.1, -0.05) is 11.6 Å². The highest BCUT2D eigenvalue weighted by Crippen LogP contribution is 2.24. The lowest BCUT2D eigenvalue weighted by Crippen LogP contribution is -2.28. The topological polar surface area (TPSA) is 51.2 Å². The van der Waals surface area contributed by atoms with Crippen LogP contribution >= 0.6 is 11.6 Å². The number of pyridine rings is 1. The van der Waals surface area contributed by atoms with E-state index in [0.717, 1.165) is 11.6 Å². The van der Waals surface area contributed by atoms with Gasteiger partial charge in [0, 0.05) is 18.9 Å². The molecular weight excluding hydrogens is 283 g/mol. The van der Waals surface area contributed by atoms with Crippen molar-refractivity contribution < 1.29 is 13.9 Å². The summed E-state index contributed by atoms with van der Waals surface area (Å²) in [7, 11) is 0. The number of aromatic nitrogens is 1. The Balaban J connectivity index is 1.80. The van der Waals surface area contributed by atoms with Gasteiger partial charge in [-0.15, -0.1) is 0 Å². The molecule has 0 atom stereocenters. The normalized spacial score (nSPS) is 10.1. The van der Waals surface area contributed by atoms with Crippen LogP contribution in [-0.4, -0.2) is 17.5 Å². The molecule has 0 aliphatic carbocycles. The highest BCUT2D eigenvalue weighted by atomic mass is 35.5. The molecule has 1 aromatic heterocycles. The number of carbonyl (C=O) groups excluding carboxylic acids is 1. The van der Waals surface area contributed by atoms with E-state index in [-0.39, 0.29) is 23.3 Å². The summed E-state index contributed by atoms with van der Waals surface area (Å²) < 4.78 is 18.0. The summed E-state index contributed by atoms with van der Waals surface area (Å²) in [4.78, 5) is 15.5. The number of nitrogens with zero attached hydrogens (tertiary/aromatic N) is 1. The smallest absolute Gasteiger partial charge is 0.258 e. The molecule has 1 N–H and O–H groups in total. The number of hydrogen-bond donors (Lipinski definition) is 1. The van der Waals surface area contributed by atoms with E-state index in [1.807, 2.05) is 0 Å². The third kappa shape index (κ3) is 4.20. The number of benzene rings is 1. The van der Waals surface area contributed by atoms with Crippen LogP contribution in [0.5, 0.6) is 5.75 Å². The number of carbonyl (C=O) groups is 1. The van der Waals surface area contributed by atoms with Gasteiger partial charge in [0.05, 0.1) is 5.02 Å². The first-order valence-corrected chi connectivity index (χ1v) is 6.26. The molecule has 2 aromatic rings. The molecular formula is C14H12ClFN2O2. The lowest BCUT2D eigenvalue weighted by Gasteiger charge is -2.08. The average molecular weight is 295 g/mol. The zero-order valence-corrected chi connectivity index (χ0v) is 11.2. The molecule has 0 aliphatic rings. The summed E-state index contributed by atoms with van der Waals surface area (Å²) in [5, 5.41) is 2.82. The molecule has 2 rings (SSSR count). The van der Waals surface area contributed by atoms with Crippen molar-refractivity contribution in [2.75, 3.05) is 6.61 Å². The lowest BCUT2D eigenvalue weighted by molar-refractivity contribution is -0.123. The maximum Gasteiger partial charge on any atom is 0.258 e. The highest BCUT2D eigenvalue weighted by Gasteiger charge is 2.06. The zero-order valence-electron chi connectivity index (χ0n) is 10.5. The third-order valence-corrected chi connectivity index (χ3v) is 2.79. The highest BCUT2D eigenvalue weighted by molar-refractivity contribution is 6.32. The second kappa shape index (κ2) is 6.86. The minimum Gasteiger partial charge on any atom is -0.482 e. The van der Waals surface area contributed by atoms with Gasteiger partial charge < -0.3 is 10.1 Å². The van der Waals surface area contributed by atoms with Crippen molar-refractivity contribution in [3.63, 3.8) is 0 Å². The van der Waals surface area contributed by atoms with Crippen molar-refractivity contribution in [3.05, 3.63) is 59.1 Å². The first-order chi connectivity index (χ1) is 9.65. The van der Waals surface area contributed by atoms with E-state index in [4.69, 9.17) is 16.3 Å². The summed E-state index contributed by atoms with van der Waals surface area (Å²) in [6.45, 7) is 0.207. The lowest BCUT2D eigenvalue weighted by atomic mass is 10.3. The zero-order chi connectivity index (χ0) is 14.4. The molecule has 4 nitrogen and oxygen atoms in total. The van der Waals surface area contributed by atoms with Gasteiger partial charge >= 0.3 is 0 Å². The molecule has 0 aliphatic heterocycles. The van der Waals surface area contributed by atoms with E-state index in [1.54, 1.807) is 24.5 Å². The summed E-state index contributed by atoms with van der Waals surface area (Å²) in [5.41, 5.74) is 0.938. The van der Waals surface area contributed by atoms with Crippen molar-refractivity contribution >= 4 is 17.5 Å². The Morgan fingerprint density at radius 1 is 1.30 bits per heavy atom. The Morgan fingerprint density at radius 3 is 2.75 bits per heavy atom. The fourth-order valence-corrected chi connectivity index (χ4v) is 1.71. The van der Waals surface area contributed by atoms with Crippen LogP contribution in [0.3, 0.4) is 0 Å². The Morgan fingerprint density at radius 2 is 2.05 bits per heavy atom. The molecule has 0 fully saturated rings. The Kier molecular flexibility index (Phi) is 4.90. The van der Waals surface area contributed by atoms with Gasteiger partial charge in [-0.3, -0.25) is 9.78 Å². The Labute approximate surface area is 120 Å². The summed E-state index contributed by atoms with van der Waals surface area (Å²) in [6, 6.07) is 7.34. The van der Waals surface area contributed by atoms with Crippen LogP contribution in [0.4, 0.5) is 4.39 Å². The fourth-order valence-electron chi connectivity index (χ4n) is 1.49. The quantitative estimate of drug-likeness (QED) is 0.922. The number of nitrogens with one attached hydrogen (secondary N) is 1. The molecule has 1 amide bonds. The van der Waals surface area contributed by atoms with Gasteiger partial charge in [-0.2, -0.15) is 0 Å². The molecule has 1 aromatic carbocycles. The molecule has 0 bridgehead atoms. The average Bonchev–Trinajstić information content (AvgIpc) is 2.45. The van der Waals surface area contributed by atoms with Crippen molar-refractivity contribution in [3.8, 4) is 5.75 Å². The minimum atomic E-state index is -0.454. The molecule has 0 saturated carbocycles. The predicted octanol–water partition coefficient (Wildman–Crippen LogP) is 2.57. The molecule has 0 saturated heterocycles. The number of halogens is 2. The molecule has 0 radical (unpaired) electrons. The van der Waals surface area contributed by atoms with E-state index >= 15 is 0 Å². The van der Waals surface area contributed by atoms with E-state index in [2.05, 4.69) is 10.3 Å². The van der Waals surface area contributed by atoms with Crippen LogP contribution in [0.25, 0.3) is 0 Å². The van der Waals surface area contributed by atoms with Crippen molar-refractivity contribution in [1.82, 2.24) is 10.3 Å². The maximum atomic E-state index is 12.8. The second-order valence-electron chi connectivity index (χ2n) is 4.00. The minimum absolute atomic E-state index is 0.131. The van der Waals surface area contributed by atoms with Crippen molar-refractivity contribution in [2.45, 2.75) is 6.54 Å². The van der Waals surface area contributed by atoms with Crippen LogP contribution in [0.1, 0.15) is 5.56 Å². The summed E-state index contributed by atoms with van der Waals surface area (Å²) in [5.74, 6) is -0.473. The van der Waals surface area contributed by atoms with Gasteiger partial charge in [0.1, 0.15) is 11.6 Å². The first-order valence-electron chi connectivity index (χ1n) is 5.88. The monoisotopic (exact) mass is 294 g/mol. The van der Waals surface area contributed by atoms with Crippen molar-refractivity contribution in [1.29, 1.82) is 0 Å². The molecule has 104 valence electrons. The third-order valence-electron chi connectivity index (χ3n) is 2.49. The molecule has 1 heterocycles. The molecule has 20 heavy (non-hydrogen) atoms. The van der Waals surface area contributed by atoms with Gasteiger partial charge in [0.15, 0.2) is 6.61 Å². The van der Waals surface area contributed by atoms with E-state index in [9.17, 15) is 9.18 Å². The number of amides is 1. The van der Waals surface area contributed by atoms with Gasteiger partial charge in [0.25, 0.3) is 5.91 Å². The summed E-state index contributed by atoms with van der Waals surface area (Å²) in [6.07, 6.45) is 3.30. The van der Waals surface area contributed by atoms with Crippen LogP contribution < -0.4 is 10.1 Å². The van der Waals surface area contributed by atoms with Crippen LogP contribution in [0.2, 0.25) is 5.02 Å². The van der Waals surface area contributed by atoms with E-state index in [1.165, 1.54) is 12.1 Å². The van der Waals surface area contributed by atoms with E-state index < -0.39 is 5.82 Å². The Hall–Kier alpha value is -2.14. The van der Waals surface area contributed by atoms with Gasteiger partial charge in [-0.25, -0.2) is 4.39 Å². The second-order valence-corrected chi connectivity index (χ2v) is 4.40. The molecule has 0 spiro atoms. The van der Waals surface area contributed by atoms with Crippen LogP contribution in [0.15, 0.2) is 42.7 Å². The Bertz CT molecular complexity index is 593. The number of hydrogen-bond acceptors (Lipinski definition) is 3. The van der Waals surface area contributed by atoms with Crippen molar-refractivity contribution in [2.24, 2.45) is 0 Å². The number of ether oxygens (including phenoxy) is 1. The first kappa shape index (κ1) is 14.3. The number of rotatable bonds is 5. The van der Waals surface area contributed by atoms with Gasteiger partial charge in [0.2, 0.25) is 0 Å². The largest absolute Gasteiger partial charge is 0.482 e. The van der Waals surface area contributed by atoms with Crippen LogP contribution in [0, 0.1) is 5.82 Å². The fraction of sp³-hybridized carbons (Fsp3) is 0.143. The molecule has 6 heteroatoms. The molecule has 0 unspecified atom stereocenters. The van der Waals surface area contributed by atoms with Gasteiger partial charge in [-0.05, 0) is 35.9 Å². The SMILES string of the molecule is O=C(COc1ccc(F)cc1Cl)NCc1ccncc1.